The van der Waals surface area contributed by atoms with Gasteiger partial charge in [-0.1, -0.05) is 18.2 Å². The number of benzene rings is 1. The molecule has 1 aliphatic rings. The van der Waals surface area contributed by atoms with E-state index in [1.54, 1.807) is 23.1 Å². The average Bonchev–Trinajstić information content (AvgIpc) is 3.19. The van der Waals surface area contributed by atoms with Gasteiger partial charge >= 0.3 is 6.18 Å². The Kier molecular flexibility index (Phi) is 6.73. The number of aromatic amines is 1. The summed E-state index contributed by atoms with van der Waals surface area (Å²) in [4.78, 5) is 4.42. The van der Waals surface area contributed by atoms with Gasteiger partial charge in [-0.3, -0.25) is 4.90 Å². The molecule has 3 heterocycles. The summed E-state index contributed by atoms with van der Waals surface area (Å²) in [7, 11) is -7.78. The average molecular weight is 533 g/mol. The molecule has 0 atom stereocenters. The fourth-order valence-electron chi connectivity index (χ4n) is 3.60. The summed E-state index contributed by atoms with van der Waals surface area (Å²) in [6.45, 7) is 1.03. The summed E-state index contributed by atoms with van der Waals surface area (Å²) in [6, 6.07) is 11.2. The second-order valence-electron chi connectivity index (χ2n) is 7.62. The zero-order chi connectivity index (χ0) is 24.6. The number of hydrogen-bond acceptors (Lipinski definition) is 6. The molecule has 0 spiro atoms. The summed E-state index contributed by atoms with van der Waals surface area (Å²) < 4.78 is 91.6. The van der Waals surface area contributed by atoms with Crippen molar-refractivity contribution in [2.24, 2.45) is 0 Å². The van der Waals surface area contributed by atoms with Gasteiger partial charge in [0.2, 0.25) is 9.84 Å². The molecule has 0 unspecified atom stereocenters. The van der Waals surface area contributed by atoms with Gasteiger partial charge in [0, 0.05) is 18.0 Å². The molecule has 3 aromatic rings. The number of nitrogens with zero attached hydrogens (tertiary/aromatic N) is 2. The fraction of sp³-hybridized carbons (Fsp3) is 0.286. The van der Waals surface area contributed by atoms with E-state index in [4.69, 9.17) is 0 Å². The number of pyridine rings is 1. The van der Waals surface area contributed by atoms with E-state index >= 15 is 0 Å². The topological polar surface area (TPSA) is 88.9 Å². The number of sulfonamides is 1. The molecule has 7 nitrogen and oxygen atoms in total. The lowest BCUT2D eigenvalue weighted by molar-refractivity contribution is -0.367. The predicted octanol–water partition coefficient (Wildman–Crippen LogP) is 3.31. The minimum atomic E-state index is -4.45. The lowest BCUT2D eigenvalue weighted by Crippen LogP contribution is -2.36. The van der Waals surface area contributed by atoms with E-state index in [0.29, 0.717) is 18.8 Å². The van der Waals surface area contributed by atoms with Crippen molar-refractivity contribution in [1.82, 2.24) is 4.31 Å². The molecule has 1 aromatic carbocycles. The van der Waals surface area contributed by atoms with Gasteiger partial charge in [-0.05, 0) is 30.7 Å². The van der Waals surface area contributed by atoms with Crippen LogP contribution in [0.5, 0.6) is 0 Å². The van der Waals surface area contributed by atoms with Crippen LogP contribution < -0.4 is 9.88 Å². The van der Waals surface area contributed by atoms with Gasteiger partial charge in [-0.25, -0.2) is 21.8 Å². The van der Waals surface area contributed by atoms with Crippen LogP contribution in [0.1, 0.15) is 12.0 Å². The molecule has 0 saturated carbocycles. The van der Waals surface area contributed by atoms with E-state index in [9.17, 15) is 30.0 Å². The first-order valence-corrected chi connectivity index (χ1v) is 14.0. The lowest BCUT2D eigenvalue weighted by atomic mass is 10.2. The van der Waals surface area contributed by atoms with Crippen molar-refractivity contribution in [2.75, 3.05) is 31.1 Å². The third-order valence-electron chi connectivity index (χ3n) is 5.43. The number of thiophene rings is 1. The monoisotopic (exact) mass is 532 g/mol. The van der Waals surface area contributed by atoms with Crippen molar-refractivity contribution in [3.05, 3.63) is 65.7 Å². The molecule has 1 fully saturated rings. The molecule has 0 amide bonds. The first-order chi connectivity index (χ1) is 16.0. The summed E-state index contributed by atoms with van der Waals surface area (Å²) in [5, 5.41) is 1.32. The highest BCUT2D eigenvalue weighted by Crippen LogP contribution is 2.31. The molecule has 34 heavy (non-hydrogen) atoms. The predicted molar refractivity (Wildman–Crippen MR) is 120 cm³/mol. The van der Waals surface area contributed by atoms with Crippen molar-refractivity contribution >= 4 is 37.0 Å². The van der Waals surface area contributed by atoms with Crippen LogP contribution in [0.3, 0.4) is 0 Å². The zero-order valence-electron chi connectivity index (χ0n) is 17.7. The quantitative estimate of drug-likeness (QED) is 0.503. The van der Waals surface area contributed by atoms with Gasteiger partial charge in [0.05, 0.1) is 35.0 Å². The highest BCUT2D eigenvalue weighted by Gasteiger charge is 2.34. The number of halogens is 3. The van der Waals surface area contributed by atoms with Crippen molar-refractivity contribution in [1.29, 1.82) is 0 Å². The van der Waals surface area contributed by atoms with Crippen LogP contribution in [-0.4, -0.2) is 47.3 Å². The maximum absolute atomic E-state index is 13.2. The van der Waals surface area contributed by atoms with Gasteiger partial charge in [0.15, 0.2) is 0 Å². The Labute approximate surface area is 199 Å². The van der Waals surface area contributed by atoms with Gasteiger partial charge in [-0.15, -0.1) is 11.3 Å². The van der Waals surface area contributed by atoms with Crippen LogP contribution in [0.2, 0.25) is 0 Å². The van der Waals surface area contributed by atoms with Gasteiger partial charge < -0.3 is 0 Å². The number of hydrogen-bond donors (Lipinski definition) is 0. The van der Waals surface area contributed by atoms with Crippen LogP contribution in [0.25, 0.3) is 0 Å². The fourth-order valence-corrected chi connectivity index (χ4v) is 8.13. The molecule has 0 aliphatic carbocycles. The first-order valence-electron chi connectivity index (χ1n) is 10.2. The number of aromatic nitrogens is 1. The molecule has 182 valence electrons. The number of nitrogens with one attached hydrogen (secondary N) is 1. The minimum Gasteiger partial charge on any atom is -0.260 e. The van der Waals surface area contributed by atoms with Crippen LogP contribution in [0.15, 0.2) is 74.1 Å². The second kappa shape index (κ2) is 9.29. The molecular formula is C21H21F3N3O4S3+. The highest BCUT2D eigenvalue weighted by molar-refractivity contribution is 7.92. The van der Waals surface area contributed by atoms with Crippen LogP contribution in [0, 0.1) is 0 Å². The van der Waals surface area contributed by atoms with Gasteiger partial charge in [-0.2, -0.15) is 17.5 Å². The number of H-pyrrole nitrogens is 1. The van der Waals surface area contributed by atoms with Gasteiger partial charge in [0.25, 0.3) is 15.8 Å². The van der Waals surface area contributed by atoms with Crippen LogP contribution >= 0.6 is 11.3 Å². The normalized spacial score (nSPS) is 16.4. The van der Waals surface area contributed by atoms with E-state index in [0.717, 1.165) is 23.6 Å². The summed E-state index contributed by atoms with van der Waals surface area (Å²) in [6.07, 6.45) is -3.12. The molecular weight excluding hydrogens is 511 g/mol. The van der Waals surface area contributed by atoms with Crippen molar-refractivity contribution in [3.63, 3.8) is 0 Å². The Morgan fingerprint density at radius 1 is 0.882 bits per heavy atom. The third kappa shape index (κ3) is 4.97. The largest absolute Gasteiger partial charge is 0.419 e. The van der Waals surface area contributed by atoms with Crippen molar-refractivity contribution in [3.8, 4) is 0 Å². The molecule has 1 saturated heterocycles. The molecule has 4 rings (SSSR count). The number of rotatable bonds is 5. The molecule has 1 N–H and O–H groups in total. The number of sulfone groups is 1. The summed E-state index contributed by atoms with van der Waals surface area (Å²) >= 11 is 0.844. The third-order valence-corrected chi connectivity index (χ3v) is 10.6. The maximum Gasteiger partial charge on any atom is 0.419 e. The van der Waals surface area contributed by atoms with Crippen molar-refractivity contribution < 1.29 is 35.0 Å². The Bertz CT molecular complexity index is 1360. The SMILES string of the molecule is O=S(=O)(c1ccccc1)c1csc(S(=O)(=O)N2CCCN(c3ccc(C(F)(F)F)c[nH+]3)CC2)c1. The first kappa shape index (κ1) is 24.6. The van der Waals surface area contributed by atoms with Gasteiger partial charge in [0.1, 0.15) is 10.4 Å². The van der Waals surface area contributed by atoms with E-state index in [-0.39, 0.29) is 33.6 Å². The Balaban J connectivity index is 1.50. The summed E-state index contributed by atoms with van der Waals surface area (Å²) in [5.41, 5.74) is -0.797. The lowest BCUT2D eigenvalue weighted by Gasteiger charge is -2.18. The highest BCUT2D eigenvalue weighted by atomic mass is 32.2. The zero-order valence-corrected chi connectivity index (χ0v) is 20.1. The summed E-state index contributed by atoms with van der Waals surface area (Å²) in [5.74, 6) is 0.458. The molecule has 2 aromatic heterocycles. The minimum absolute atomic E-state index is 0.0726. The molecule has 0 radical (unpaired) electrons. The Hall–Kier alpha value is -2.48. The number of anilines is 1. The van der Waals surface area contributed by atoms with E-state index in [2.05, 4.69) is 4.98 Å². The van der Waals surface area contributed by atoms with Crippen LogP contribution in [0.4, 0.5) is 19.0 Å². The Morgan fingerprint density at radius 2 is 1.62 bits per heavy atom. The number of alkyl halides is 3. The molecule has 13 heteroatoms. The maximum atomic E-state index is 13.2. The standard InChI is InChI=1S/C21H20F3N3O4S3/c22-21(23,24)16-7-8-19(25-14-16)26-9-4-10-27(12-11-26)34(30,31)20-13-18(15-32-20)33(28,29)17-5-2-1-3-6-17/h1-3,5-8,13-15H,4,9-12H2/p+1. The van der Waals surface area contributed by atoms with Crippen molar-refractivity contribution in [2.45, 2.75) is 26.6 Å². The van der Waals surface area contributed by atoms with E-state index in [1.807, 2.05) is 0 Å². The molecule has 1 aliphatic heterocycles. The van der Waals surface area contributed by atoms with E-state index in [1.165, 1.54) is 34.0 Å². The second-order valence-corrected chi connectivity index (χ2v) is 12.6. The Morgan fingerprint density at radius 3 is 2.26 bits per heavy atom. The molecule has 0 bridgehead atoms. The smallest absolute Gasteiger partial charge is 0.260 e. The van der Waals surface area contributed by atoms with E-state index < -0.39 is 31.6 Å². The van der Waals surface area contributed by atoms with Crippen LogP contribution in [-0.2, 0) is 26.0 Å².